The van der Waals surface area contributed by atoms with Crippen LogP contribution in [-0.4, -0.2) is 23.1 Å². The first-order chi connectivity index (χ1) is 6.11. The van der Waals surface area contributed by atoms with Gasteiger partial charge in [0.2, 0.25) is 0 Å². The van der Waals surface area contributed by atoms with Crippen molar-refractivity contribution in [1.29, 1.82) is 0 Å². The minimum absolute atomic E-state index is 0. The molecule has 1 aliphatic heterocycles. The van der Waals surface area contributed by atoms with Crippen molar-refractivity contribution in [2.24, 2.45) is 11.8 Å². The molecule has 1 aliphatic rings. The van der Waals surface area contributed by atoms with Gasteiger partial charge in [-0.2, -0.15) is 0 Å². The van der Waals surface area contributed by atoms with Crippen molar-refractivity contribution in [3.63, 3.8) is 0 Å². The van der Waals surface area contributed by atoms with E-state index in [2.05, 4.69) is 6.92 Å². The molecule has 2 atom stereocenters. The summed E-state index contributed by atoms with van der Waals surface area (Å²) in [5.41, 5.74) is 0. The van der Waals surface area contributed by atoms with Crippen LogP contribution in [0.5, 0.6) is 0 Å². The van der Waals surface area contributed by atoms with Gasteiger partial charge in [0.1, 0.15) is 11.6 Å². The molecule has 1 heterocycles. The third-order valence-corrected chi connectivity index (χ3v) is 4.66. The van der Waals surface area contributed by atoms with Crippen molar-refractivity contribution >= 4 is 33.2 Å². The van der Waals surface area contributed by atoms with Crippen molar-refractivity contribution in [3.05, 3.63) is 6.92 Å². The fourth-order valence-corrected chi connectivity index (χ4v) is 3.71. The summed E-state index contributed by atoms with van der Waals surface area (Å²) >= 11 is 0. The summed E-state index contributed by atoms with van der Waals surface area (Å²) < 4.78 is 0. The maximum atomic E-state index is 11.4. The molecule has 0 aromatic heterocycles. The summed E-state index contributed by atoms with van der Waals surface area (Å²) in [5, 5.41) is 0. The van der Waals surface area contributed by atoms with Crippen LogP contribution in [-0.2, 0) is 9.59 Å². The third kappa shape index (κ3) is 5.14. The number of hydrogen-bond acceptors (Lipinski definition) is 4. The molecule has 1 saturated heterocycles. The molecule has 0 unspecified atom stereocenters. The molecule has 1 rings (SSSR count). The minimum atomic E-state index is -0.139. The number of Topliss-reactive ketones (excluding diaryl/α,β-unsaturated/α-hetero) is 2. The van der Waals surface area contributed by atoms with Crippen LogP contribution in [0.3, 0.4) is 0 Å². The smallest absolute Gasteiger partial charge is 1.00 e. The largest absolute Gasteiger partial charge is 1.00 e. The molecule has 0 saturated carbocycles. The predicted molar refractivity (Wildman–Crippen MR) is 58.7 cm³/mol. The molecule has 0 aromatic rings. The number of carbonyl (C=O) groups excluding carboxylic acids is 2. The summed E-state index contributed by atoms with van der Waals surface area (Å²) in [6.45, 7) is 5.34. The van der Waals surface area contributed by atoms with Crippen LogP contribution in [0.25, 0.3) is 0 Å². The van der Waals surface area contributed by atoms with E-state index in [1.54, 1.807) is 28.5 Å². The molecule has 0 bridgehead atoms. The van der Waals surface area contributed by atoms with Crippen molar-refractivity contribution in [3.8, 4) is 0 Å². The van der Waals surface area contributed by atoms with E-state index in [0.29, 0.717) is 6.42 Å². The van der Waals surface area contributed by atoms with E-state index < -0.39 is 0 Å². The zero-order valence-corrected chi connectivity index (χ0v) is 13.4. The van der Waals surface area contributed by atoms with E-state index in [1.165, 1.54) is 0 Å². The maximum Gasteiger partial charge on any atom is 1.00 e. The SMILES string of the molecule is [CH2-][C@@H]1CSSC[C@H](C(C)=O)CC1=O.[H-].[K+]. The van der Waals surface area contributed by atoms with Crippen molar-refractivity contribution in [2.75, 3.05) is 11.5 Å². The summed E-state index contributed by atoms with van der Waals surface area (Å²) in [7, 11) is 3.32. The average Bonchev–Trinajstić information content (AvgIpc) is 2.06. The van der Waals surface area contributed by atoms with Crippen molar-refractivity contribution in [2.45, 2.75) is 13.3 Å². The molecule has 0 spiro atoms. The zero-order chi connectivity index (χ0) is 9.84. The van der Waals surface area contributed by atoms with Crippen LogP contribution in [0.4, 0.5) is 0 Å². The molecular weight excluding hydrogens is 243 g/mol. The van der Waals surface area contributed by atoms with E-state index >= 15 is 0 Å². The van der Waals surface area contributed by atoms with Gasteiger partial charge in [-0.15, -0.1) is 0 Å². The monoisotopic (exact) mass is 257 g/mol. The fourth-order valence-electron chi connectivity index (χ4n) is 1.08. The standard InChI is InChI=1S/C9H13O2S2.K.H/c1-6-4-12-13-5-8(7(2)10)3-9(6)11;;/h6,8H,1,3-5H2,2H3;;/q-1;+1;-1/t6-,8-;;/m1../s1. The number of ketones is 2. The van der Waals surface area contributed by atoms with Gasteiger partial charge in [-0.3, -0.25) is 4.79 Å². The first-order valence-electron chi connectivity index (χ1n) is 4.22. The van der Waals surface area contributed by atoms with Gasteiger partial charge in [-0.05, 0) is 12.7 Å². The molecule has 76 valence electrons. The quantitative estimate of drug-likeness (QED) is 0.347. The molecule has 14 heavy (non-hydrogen) atoms. The Hall–Kier alpha value is 1.68. The Morgan fingerprint density at radius 3 is 2.64 bits per heavy atom. The van der Waals surface area contributed by atoms with Gasteiger partial charge in [-0.1, -0.05) is 27.5 Å². The first-order valence-corrected chi connectivity index (χ1v) is 6.70. The predicted octanol–water partition coefficient (Wildman–Crippen LogP) is -0.887. The molecule has 5 heteroatoms. The van der Waals surface area contributed by atoms with Gasteiger partial charge in [-0.25, -0.2) is 0 Å². The first kappa shape index (κ1) is 15.7. The van der Waals surface area contributed by atoms with Gasteiger partial charge in [0.25, 0.3) is 0 Å². The van der Waals surface area contributed by atoms with E-state index in [-0.39, 0.29) is 76.2 Å². The van der Waals surface area contributed by atoms with Crippen LogP contribution in [0, 0.1) is 18.8 Å². The Morgan fingerprint density at radius 1 is 1.50 bits per heavy atom. The van der Waals surface area contributed by atoms with Gasteiger partial charge in [0.15, 0.2) is 0 Å². The second kappa shape index (κ2) is 7.87. The zero-order valence-electron chi connectivity index (χ0n) is 9.62. The summed E-state index contributed by atoms with van der Waals surface area (Å²) in [6.07, 6.45) is 0.386. The van der Waals surface area contributed by atoms with E-state index in [4.69, 9.17) is 0 Å². The molecule has 0 radical (unpaired) electrons. The van der Waals surface area contributed by atoms with Gasteiger partial charge < -0.3 is 13.1 Å². The second-order valence-corrected chi connectivity index (χ2v) is 5.80. The number of hydrogen-bond donors (Lipinski definition) is 0. The van der Waals surface area contributed by atoms with Crippen LogP contribution < -0.4 is 51.4 Å². The van der Waals surface area contributed by atoms with Crippen LogP contribution in [0.1, 0.15) is 14.8 Å². The summed E-state index contributed by atoms with van der Waals surface area (Å²) in [5.74, 6) is 1.56. The molecule has 0 aromatic carbocycles. The van der Waals surface area contributed by atoms with Gasteiger partial charge >= 0.3 is 51.4 Å². The Labute approximate surface area is 137 Å². The third-order valence-electron chi connectivity index (χ3n) is 2.10. The van der Waals surface area contributed by atoms with Crippen LogP contribution in [0.15, 0.2) is 0 Å². The summed E-state index contributed by atoms with van der Waals surface area (Å²) in [6, 6.07) is 0. The molecular formula is C9H14KO2S2-. The fraction of sp³-hybridized carbons (Fsp3) is 0.667. The van der Waals surface area contributed by atoms with Crippen LogP contribution in [0.2, 0.25) is 0 Å². The molecule has 0 aliphatic carbocycles. The Morgan fingerprint density at radius 2 is 2.07 bits per heavy atom. The van der Waals surface area contributed by atoms with Crippen molar-refractivity contribution in [1.82, 2.24) is 0 Å². The number of rotatable bonds is 1. The Kier molecular flexibility index (Phi) is 8.81. The minimum Gasteiger partial charge on any atom is -1.00 e. The summed E-state index contributed by atoms with van der Waals surface area (Å²) in [4.78, 5) is 22.6. The second-order valence-electron chi connectivity index (χ2n) is 3.24. The number of carbonyl (C=O) groups is 2. The van der Waals surface area contributed by atoms with Crippen molar-refractivity contribution < 1.29 is 62.4 Å². The molecule has 1 fully saturated rings. The van der Waals surface area contributed by atoms with Gasteiger partial charge in [0.05, 0.1) is 0 Å². The van der Waals surface area contributed by atoms with Crippen LogP contribution >= 0.6 is 21.6 Å². The Bertz CT molecular complexity index is 226. The van der Waals surface area contributed by atoms with E-state index in [1.807, 2.05) is 0 Å². The molecule has 2 nitrogen and oxygen atoms in total. The van der Waals surface area contributed by atoms with Gasteiger partial charge in [0, 0.05) is 18.1 Å². The topological polar surface area (TPSA) is 34.1 Å². The average molecular weight is 257 g/mol. The normalized spacial score (nSPS) is 28.6. The van der Waals surface area contributed by atoms with E-state index in [9.17, 15) is 9.59 Å². The molecule has 0 N–H and O–H groups in total. The maximum absolute atomic E-state index is 11.4. The molecule has 0 amide bonds. The van der Waals surface area contributed by atoms with E-state index in [0.717, 1.165) is 11.5 Å². The Balaban J connectivity index is 0.